The Balaban J connectivity index is 6.00. The second kappa shape index (κ2) is 18.3. The van der Waals surface area contributed by atoms with Crippen LogP contribution in [0.15, 0.2) is 12.3 Å². The molecule has 266 valence electrons. The van der Waals surface area contributed by atoms with Gasteiger partial charge in [-0.25, -0.2) is 0 Å². The van der Waals surface area contributed by atoms with E-state index in [0.29, 0.717) is 0 Å². The van der Waals surface area contributed by atoms with Crippen LogP contribution in [-0.4, -0.2) is 126 Å². The number of hydrogen-bond acceptors (Lipinski definition) is 13. The summed E-state index contributed by atoms with van der Waals surface area (Å²) in [6.45, 7) is 26.0. The Morgan fingerprint density at radius 1 is 0.435 bits per heavy atom. The van der Waals surface area contributed by atoms with Crippen LogP contribution in [0.4, 0.5) is 0 Å². The Labute approximate surface area is 275 Å². The quantitative estimate of drug-likeness (QED) is 0.128. The van der Waals surface area contributed by atoms with Crippen LogP contribution < -0.4 is 0 Å². The Bertz CT molecular complexity index is 918. The highest BCUT2D eigenvalue weighted by atomic mass is 16.6. The minimum Gasteiger partial charge on any atom is -0.459 e. The number of hydrogen-bond donors (Lipinski definition) is 0. The summed E-state index contributed by atoms with van der Waals surface area (Å²) in [5, 5.41) is 0. The van der Waals surface area contributed by atoms with E-state index in [-0.39, 0.29) is 64.7 Å². The van der Waals surface area contributed by atoms with Gasteiger partial charge in [0.15, 0.2) is 0 Å². The fourth-order valence-corrected chi connectivity index (χ4v) is 3.90. The molecule has 0 N–H and O–H groups in total. The zero-order chi connectivity index (χ0) is 36.1. The van der Waals surface area contributed by atoms with Gasteiger partial charge in [0.1, 0.15) is 22.4 Å². The molecule has 46 heavy (non-hydrogen) atoms. The summed E-state index contributed by atoms with van der Waals surface area (Å²) in [7, 11) is 0. The van der Waals surface area contributed by atoms with Crippen molar-refractivity contribution in [2.24, 2.45) is 0 Å². The van der Waals surface area contributed by atoms with Crippen molar-refractivity contribution in [3.8, 4) is 0 Å². The van der Waals surface area contributed by atoms with Gasteiger partial charge in [-0.3, -0.25) is 38.7 Å². The highest BCUT2D eigenvalue weighted by Crippen LogP contribution is 2.12. The number of rotatable bonds is 17. The molecular weight excluding hydrogens is 598 g/mol. The molecule has 0 heterocycles. The van der Waals surface area contributed by atoms with Crippen molar-refractivity contribution in [2.75, 3.05) is 58.9 Å². The molecule has 0 fully saturated rings. The molecule has 0 aromatic carbocycles. The summed E-state index contributed by atoms with van der Waals surface area (Å²) >= 11 is 0. The highest BCUT2D eigenvalue weighted by molar-refractivity contribution is 5.76. The molecular formula is C33H59N3O10. The third-order valence-corrected chi connectivity index (χ3v) is 5.20. The summed E-state index contributed by atoms with van der Waals surface area (Å²) in [5.41, 5.74) is -2.89. The fourth-order valence-electron chi connectivity index (χ4n) is 3.90. The number of ether oxygens (including phenoxy) is 5. The Kier molecular flexibility index (Phi) is 17.1. The van der Waals surface area contributed by atoms with Crippen LogP contribution in [0.3, 0.4) is 0 Å². The zero-order valence-corrected chi connectivity index (χ0v) is 30.5. The van der Waals surface area contributed by atoms with E-state index in [2.05, 4.69) is 6.58 Å². The van der Waals surface area contributed by atoms with Gasteiger partial charge in [0.05, 0.1) is 38.5 Å². The Hall–Kier alpha value is -3.03. The van der Waals surface area contributed by atoms with Crippen LogP contribution in [0.25, 0.3) is 0 Å². The number of esters is 5. The van der Waals surface area contributed by atoms with E-state index < -0.39 is 52.3 Å². The lowest BCUT2D eigenvalue weighted by molar-refractivity contribution is -0.162. The largest absolute Gasteiger partial charge is 0.459 e. The van der Waals surface area contributed by atoms with Crippen molar-refractivity contribution in [2.45, 2.75) is 112 Å². The van der Waals surface area contributed by atoms with Crippen LogP contribution >= 0.6 is 0 Å². The first-order valence-corrected chi connectivity index (χ1v) is 15.5. The number of carbonyl (C=O) groups is 5. The van der Waals surface area contributed by atoms with E-state index in [4.69, 9.17) is 23.7 Å². The third-order valence-electron chi connectivity index (χ3n) is 5.20. The van der Waals surface area contributed by atoms with E-state index >= 15 is 0 Å². The predicted octanol–water partition coefficient (Wildman–Crippen LogP) is 3.34. The van der Waals surface area contributed by atoms with E-state index in [9.17, 15) is 24.0 Å². The molecule has 0 aromatic heterocycles. The average molecular weight is 658 g/mol. The maximum atomic E-state index is 12.7. The summed E-state index contributed by atoms with van der Waals surface area (Å²) < 4.78 is 27.0. The van der Waals surface area contributed by atoms with Gasteiger partial charge < -0.3 is 23.7 Å². The molecule has 0 radical (unpaired) electrons. The van der Waals surface area contributed by atoms with Crippen molar-refractivity contribution in [1.82, 2.24) is 14.7 Å². The molecule has 0 aliphatic heterocycles. The smallest absolute Gasteiger partial charge is 0.325 e. The molecule has 13 heteroatoms. The van der Waals surface area contributed by atoms with Crippen LogP contribution in [-0.2, 0) is 47.7 Å². The van der Waals surface area contributed by atoms with Gasteiger partial charge in [-0.15, -0.1) is 0 Å². The molecule has 0 aliphatic carbocycles. The lowest BCUT2D eigenvalue weighted by atomic mass is 10.2. The standard InChI is InChI=1S/C33H59N3O10/c1-24(2)42-25(37)19-34(15-17-35(20-26(38)43-30(3,4)5)21-27(39)44-31(6,7)8)16-18-36(22-28(40)45-32(9,10)11)23-29(41)46-33(12,13)14/h1,15-23H2,2-14H3. The lowest BCUT2D eigenvalue weighted by Crippen LogP contribution is -2.47. The normalized spacial score (nSPS) is 12.6. The van der Waals surface area contributed by atoms with Gasteiger partial charge in [-0.2, -0.15) is 0 Å². The van der Waals surface area contributed by atoms with Crippen molar-refractivity contribution < 1.29 is 47.7 Å². The molecule has 0 spiro atoms. The van der Waals surface area contributed by atoms with E-state index in [1.807, 2.05) is 0 Å². The van der Waals surface area contributed by atoms with Crippen molar-refractivity contribution in [3.05, 3.63) is 12.3 Å². The predicted molar refractivity (Wildman–Crippen MR) is 174 cm³/mol. The van der Waals surface area contributed by atoms with Crippen LogP contribution in [0.5, 0.6) is 0 Å². The molecule has 0 rings (SSSR count). The minimum absolute atomic E-state index is 0.160. The topological polar surface area (TPSA) is 141 Å². The van der Waals surface area contributed by atoms with Gasteiger partial charge in [0.25, 0.3) is 0 Å². The molecule has 0 saturated carbocycles. The first-order chi connectivity index (χ1) is 20.6. The monoisotopic (exact) mass is 657 g/mol. The highest BCUT2D eigenvalue weighted by Gasteiger charge is 2.27. The van der Waals surface area contributed by atoms with Crippen molar-refractivity contribution in [1.29, 1.82) is 0 Å². The van der Waals surface area contributed by atoms with Gasteiger partial charge >= 0.3 is 29.8 Å². The van der Waals surface area contributed by atoms with Crippen LogP contribution in [0.2, 0.25) is 0 Å². The van der Waals surface area contributed by atoms with E-state index in [1.54, 1.807) is 105 Å². The minimum atomic E-state index is -0.723. The summed E-state index contributed by atoms with van der Waals surface area (Å²) in [6, 6.07) is 0. The maximum absolute atomic E-state index is 12.7. The van der Waals surface area contributed by atoms with Crippen molar-refractivity contribution in [3.63, 3.8) is 0 Å². The molecule has 0 atom stereocenters. The lowest BCUT2D eigenvalue weighted by Gasteiger charge is -2.30. The molecule has 0 aliphatic rings. The van der Waals surface area contributed by atoms with Gasteiger partial charge in [0.2, 0.25) is 0 Å². The maximum Gasteiger partial charge on any atom is 0.325 e. The fraction of sp³-hybridized carbons (Fsp3) is 0.788. The SMILES string of the molecule is C=C(C)OC(=O)CN(CCN(CC(=O)OC(C)(C)C)CC(=O)OC(C)(C)C)CCN(CC(=O)OC(C)(C)C)CC(=O)OC(C)(C)C. The first kappa shape index (κ1) is 43.0. The molecule has 0 bridgehead atoms. The Morgan fingerprint density at radius 2 is 0.652 bits per heavy atom. The molecule has 0 saturated heterocycles. The second-order valence-electron chi connectivity index (χ2n) is 15.2. The Morgan fingerprint density at radius 3 is 0.870 bits per heavy atom. The third kappa shape index (κ3) is 25.2. The van der Waals surface area contributed by atoms with Gasteiger partial charge in [0, 0.05) is 26.2 Å². The molecule has 0 aromatic rings. The second-order valence-corrected chi connectivity index (χ2v) is 15.2. The molecule has 0 amide bonds. The van der Waals surface area contributed by atoms with Gasteiger partial charge in [-0.05, 0) is 90.0 Å². The van der Waals surface area contributed by atoms with E-state index in [1.165, 1.54) is 0 Å². The summed E-state index contributed by atoms with van der Waals surface area (Å²) in [6.07, 6.45) is 0. The van der Waals surface area contributed by atoms with Gasteiger partial charge in [-0.1, -0.05) is 6.58 Å². The first-order valence-electron chi connectivity index (χ1n) is 15.5. The average Bonchev–Trinajstić information content (AvgIpc) is 2.74. The zero-order valence-electron chi connectivity index (χ0n) is 30.5. The van der Waals surface area contributed by atoms with Crippen LogP contribution in [0, 0.1) is 0 Å². The molecule has 13 nitrogen and oxygen atoms in total. The summed E-state index contributed by atoms with van der Waals surface area (Å²) in [5.74, 6) is -2.44. The van der Waals surface area contributed by atoms with Crippen molar-refractivity contribution >= 4 is 29.8 Å². The summed E-state index contributed by atoms with van der Waals surface area (Å²) in [4.78, 5) is 68.3. The van der Waals surface area contributed by atoms with E-state index in [0.717, 1.165) is 0 Å². The number of carbonyl (C=O) groups excluding carboxylic acids is 5. The van der Waals surface area contributed by atoms with Crippen LogP contribution in [0.1, 0.15) is 90.0 Å². The number of nitrogens with zero attached hydrogens (tertiary/aromatic N) is 3. The molecule has 0 unspecified atom stereocenters. The number of allylic oxidation sites excluding steroid dienone is 1.